The molecule has 9 nitrogen and oxygen atoms in total. The average Bonchev–Trinajstić information content (AvgIpc) is 3.22. The van der Waals surface area contributed by atoms with Gasteiger partial charge >= 0.3 is 0 Å². The van der Waals surface area contributed by atoms with Gasteiger partial charge in [-0.3, -0.25) is 14.9 Å². The summed E-state index contributed by atoms with van der Waals surface area (Å²) in [6.07, 6.45) is 1.34. The molecule has 0 saturated heterocycles. The van der Waals surface area contributed by atoms with Crippen LogP contribution in [-0.4, -0.2) is 30.8 Å². The largest absolute Gasteiger partial charge is 0.496 e. The van der Waals surface area contributed by atoms with Crippen molar-refractivity contribution < 1.29 is 23.6 Å². The molecule has 2 aromatic carbocycles. The number of benzene rings is 2. The zero-order valence-electron chi connectivity index (χ0n) is 17.2. The van der Waals surface area contributed by atoms with Gasteiger partial charge < -0.3 is 13.9 Å². The van der Waals surface area contributed by atoms with Gasteiger partial charge in [-0.25, -0.2) is 5.43 Å². The molecule has 0 aliphatic carbocycles. The summed E-state index contributed by atoms with van der Waals surface area (Å²) in [5.74, 6) is 1.32. The summed E-state index contributed by atoms with van der Waals surface area (Å²) in [7, 11) is 1.42. The van der Waals surface area contributed by atoms with Crippen LogP contribution < -0.4 is 14.9 Å². The Balaban J connectivity index is 1.58. The highest BCUT2D eigenvalue weighted by Crippen LogP contribution is 2.34. The molecule has 0 unspecified atom stereocenters. The van der Waals surface area contributed by atoms with Gasteiger partial charge in [-0.15, -0.1) is 0 Å². The van der Waals surface area contributed by atoms with Crippen LogP contribution in [0.15, 0.2) is 58.0 Å². The Morgan fingerprint density at radius 2 is 1.97 bits per heavy atom. The SMILES string of the molecule is COc1cc([N+](=O)[O-])ccc1-c1ccc(C=NNC(=O)COc2ccc(C)c(C)c2)o1. The number of carbonyl (C=O) groups excluding carboxylic acids is 1. The summed E-state index contributed by atoms with van der Waals surface area (Å²) >= 11 is 0. The minimum Gasteiger partial charge on any atom is -0.496 e. The number of nitrogens with one attached hydrogen (secondary N) is 1. The van der Waals surface area contributed by atoms with Crippen LogP contribution in [0.25, 0.3) is 11.3 Å². The third-order valence-corrected chi connectivity index (χ3v) is 4.52. The van der Waals surface area contributed by atoms with Gasteiger partial charge in [0.1, 0.15) is 23.0 Å². The lowest BCUT2D eigenvalue weighted by Gasteiger charge is -2.07. The van der Waals surface area contributed by atoms with Crippen LogP contribution in [0.3, 0.4) is 0 Å². The number of aryl methyl sites for hydroxylation is 2. The highest BCUT2D eigenvalue weighted by molar-refractivity contribution is 5.82. The molecule has 1 heterocycles. The standard InChI is InChI=1S/C22H21N3O6/c1-14-4-6-17(10-15(14)2)30-13-22(26)24-23-12-18-7-9-20(31-18)19-8-5-16(25(27)28)11-21(19)29-3/h4-12H,13H2,1-3H3,(H,24,26). The summed E-state index contributed by atoms with van der Waals surface area (Å²) in [6, 6.07) is 13.1. The van der Waals surface area contributed by atoms with Gasteiger partial charge in [0, 0.05) is 6.07 Å². The van der Waals surface area contributed by atoms with E-state index in [9.17, 15) is 14.9 Å². The molecular weight excluding hydrogens is 402 g/mol. The van der Waals surface area contributed by atoms with E-state index in [2.05, 4.69) is 10.5 Å². The Bertz CT molecular complexity index is 1140. The number of ether oxygens (including phenoxy) is 2. The quantitative estimate of drug-likeness (QED) is 0.332. The fraction of sp³-hybridized carbons (Fsp3) is 0.182. The van der Waals surface area contributed by atoms with E-state index in [1.807, 2.05) is 26.0 Å². The average molecular weight is 423 g/mol. The number of methoxy groups -OCH3 is 1. The molecule has 0 aliphatic rings. The van der Waals surface area contributed by atoms with Gasteiger partial charge in [-0.1, -0.05) is 6.07 Å². The molecule has 3 rings (SSSR count). The molecule has 0 spiro atoms. The number of furan rings is 1. The zero-order chi connectivity index (χ0) is 22.4. The number of non-ortho nitro benzene ring substituents is 1. The van der Waals surface area contributed by atoms with Gasteiger partial charge in [0.25, 0.3) is 11.6 Å². The number of nitro benzene ring substituents is 1. The van der Waals surface area contributed by atoms with E-state index in [1.54, 1.807) is 24.3 Å². The van der Waals surface area contributed by atoms with Crippen molar-refractivity contribution in [2.75, 3.05) is 13.7 Å². The van der Waals surface area contributed by atoms with E-state index in [4.69, 9.17) is 13.9 Å². The van der Waals surface area contributed by atoms with E-state index in [0.717, 1.165) is 11.1 Å². The lowest BCUT2D eigenvalue weighted by atomic mass is 10.1. The molecule has 1 amide bonds. The molecule has 0 bridgehead atoms. The summed E-state index contributed by atoms with van der Waals surface area (Å²) in [4.78, 5) is 22.3. The molecule has 1 aromatic heterocycles. The molecule has 3 aromatic rings. The van der Waals surface area contributed by atoms with Crippen molar-refractivity contribution in [1.82, 2.24) is 5.43 Å². The Morgan fingerprint density at radius 1 is 1.16 bits per heavy atom. The van der Waals surface area contributed by atoms with Crippen molar-refractivity contribution in [3.63, 3.8) is 0 Å². The van der Waals surface area contributed by atoms with E-state index in [0.29, 0.717) is 28.6 Å². The first kappa shape index (κ1) is 21.6. The minimum atomic E-state index is -0.501. The van der Waals surface area contributed by atoms with Crippen LogP contribution in [-0.2, 0) is 4.79 Å². The first-order chi connectivity index (χ1) is 14.9. The van der Waals surface area contributed by atoms with Crippen molar-refractivity contribution in [1.29, 1.82) is 0 Å². The Hall–Kier alpha value is -4.14. The van der Waals surface area contributed by atoms with Crippen molar-refractivity contribution >= 4 is 17.8 Å². The molecule has 0 saturated carbocycles. The summed E-state index contributed by atoms with van der Waals surface area (Å²) in [5.41, 5.74) is 5.06. The van der Waals surface area contributed by atoms with Crippen LogP contribution in [0.2, 0.25) is 0 Å². The Kier molecular flexibility index (Phi) is 6.66. The number of hydrogen-bond acceptors (Lipinski definition) is 7. The van der Waals surface area contributed by atoms with Gasteiger partial charge in [0.2, 0.25) is 0 Å². The number of carbonyl (C=O) groups is 1. The predicted molar refractivity (Wildman–Crippen MR) is 114 cm³/mol. The number of rotatable bonds is 8. The fourth-order valence-electron chi connectivity index (χ4n) is 2.72. The molecule has 1 N–H and O–H groups in total. The van der Waals surface area contributed by atoms with Gasteiger partial charge in [-0.2, -0.15) is 5.10 Å². The molecular formula is C22H21N3O6. The first-order valence-corrected chi connectivity index (χ1v) is 9.32. The predicted octanol–water partition coefficient (Wildman–Crippen LogP) is 4.01. The molecule has 31 heavy (non-hydrogen) atoms. The second kappa shape index (κ2) is 9.57. The summed E-state index contributed by atoms with van der Waals surface area (Å²) < 4.78 is 16.3. The van der Waals surface area contributed by atoms with E-state index in [-0.39, 0.29) is 12.3 Å². The number of amides is 1. The molecule has 9 heteroatoms. The Morgan fingerprint density at radius 3 is 2.68 bits per heavy atom. The number of hydrazone groups is 1. The molecule has 0 radical (unpaired) electrons. The maximum atomic E-state index is 11.9. The zero-order valence-corrected chi connectivity index (χ0v) is 17.2. The second-order valence-corrected chi connectivity index (χ2v) is 6.67. The molecule has 0 fully saturated rings. The van der Waals surface area contributed by atoms with E-state index in [1.165, 1.54) is 25.5 Å². The minimum absolute atomic E-state index is 0.0836. The van der Waals surface area contributed by atoms with Crippen LogP contribution in [0.1, 0.15) is 16.9 Å². The van der Waals surface area contributed by atoms with Crippen molar-refractivity contribution in [3.05, 3.63) is 75.5 Å². The number of nitrogens with zero attached hydrogens (tertiary/aromatic N) is 2. The normalized spacial score (nSPS) is 10.8. The highest BCUT2D eigenvalue weighted by atomic mass is 16.6. The third-order valence-electron chi connectivity index (χ3n) is 4.52. The first-order valence-electron chi connectivity index (χ1n) is 9.32. The third kappa shape index (κ3) is 5.47. The van der Waals surface area contributed by atoms with Crippen LogP contribution in [0.5, 0.6) is 11.5 Å². The fourth-order valence-corrected chi connectivity index (χ4v) is 2.72. The smallest absolute Gasteiger partial charge is 0.277 e. The van der Waals surface area contributed by atoms with Crippen LogP contribution in [0.4, 0.5) is 5.69 Å². The second-order valence-electron chi connectivity index (χ2n) is 6.67. The lowest BCUT2D eigenvalue weighted by Crippen LogP contribution is -2.24. The van der Waals surface area contributed by atoms with Crippen LogP contribution >= 0.6 is 0 Å². The van der Waals surface area contributed by atoms with Gasteiger partial charge in [0.15, 0.2) is 6.61 Å². The maximum absolute atomic E-state index is 11.9. The van der Waals surface area contributed by atoms with Gasteiger partial charge in [0.05, 0.1) is 29.9 Å². The monoisotopic (exact) mass is 423 g/mol. The van der Waals surface area contributed by atoms with Crippen molar-refractivity contribution in [2.24, 2.45) is 5.10 Å². The van der Waals surface area contributed by atoms with E-state index < -0.39 is 10.8 Å². The molecule has 160 valence electrons. The highest BCUT2D eigenvalue weighted by Gasteiger charge is 2.15. The lowest BCUT2D eigenvalue weighted by molar-refractivity contribution is -0.384. The van der Waals surface area contributed by atoms with Crippen molar-refractivity contribution in [2.45, 2.75) is 13.8 Å². The maximum Gasteiger partial charge on any atom is 0.277 e. The van der Waals surface area contributed by atoms with Crippen LogP contribution in [0, 0.1) is 24.0 Å². The van der Waals surface area contributed by atoms with Gasteiger partial charge in [-0.05, 0) is 55.3 Å². The van der Waals surface area contributed by atoms with Crippen molar-refractivity contribution in [3.8, 4) is 22.8 Å². The Labute approximate surface area is 178 Å². The van der Waals surface area contributed by atoms with E-state index >= 15 is 0 Å². The summed E-state index contributed by atoms with van der Waals surface area (Å²) in [5, 5.41) is 14.8. The topological polar surface area (TPSA) is 116 Å². The number of nitro groups is 1. The molecule has 0 aliphatic heterocycles. The molecule has 0 atom stereocenters. The number of hydrogen-bond donors (Lipinski definition) is 1. The summed E-state index contributed by atoms with van der Waals surface area (Å²) in [6.45, 7) is 3.79.